The number of amidine groups is 1. The molecule has 0 spiro atoms. The quantitative estimate of drug-likeness (QED) is 0.702. The van der Waals surface area contributed by atoms with Gasteiger partial charge < -0.3 is 15.2 Å². The third-order valence-electron chi connectivity index (χ3n) is 5.01. The number of aryl methyl sites for hydroxylation is 1. The highest BCUT2D eigenvalue weighted by atomic mass is 19.1. The standard InChI is InChI=1S/C22H20FN3O2/c1-14-11-17(8-9-19(14)27-2)22(13-28-21(24)26-22)16-6-3-5-15(12-16)18-7-4-10-25-20(18)23/h3-12H,13H2,1-2H3,(H2,24,26). The molecule has 0 amide bonds. The van der Waals surface area contributed by atoms with Crippen LogP contribution in [0.4, 0.5) is 4.39 Å². The summed E-state index contributed by atoms with van der Waals surface area (Å²) < 4.78 is 25.1. The van der Waals surface area contributed by atoms with Crippen molar-refractivity contribution in [3.8, 4) is 16.9 Å². The molecule has 0 fully saturated rings. The fourth-order valence-electron chi connectivity index (χ4n) is 3.57. The summed E-state index contributed by atoms with van der Waals surface area (Å²) in [6.07, 6.45) is 1.43. The van der Waals surface area contributed by atoms with Crippen LogP contribution in [0.25, 0.3) is 11.1 Å². The number of aliphatic imine (C=N–C) groups is 1. The van der Waals surface area contributed by atoms with Gasteiger partial charge in [0.2, 0.25) is 5.95 Å². The second-order valence-corrected chi connectivity index (χ2v) is 6.71. The van der Waals surface area contributed by atoms with Gasteiger partial charge in [-0.1, -0.05) is 24.3 Å². The van der Waals surface area contributed by atoms with Crippen LogP contribution in [0.15, 0.2) is 65.8 Å². The number of halogens is 1. The Morgan fingerprint density at radius 1 is 1.11 bits per heavy atom. The van der Waals surface area contributed by atoms with Crippen LogP contribution in [-0.4, -0.2) is 24.7 Å². The largest absolute Gasteiger partial charge is 0.496 e. The van der Waals surface area contributed by atoms with E-state index in [9.17, 15) is 4.39 Å². The number of ether oxygens (including phenoxy) is 2. The number of aromatic nitrogens is 1. The van der Waals surface area contributed by atoms with Crippen molar-refractivity contribution in [3.05, 3.63) is 83.4 Å². The molecular weight excluding hydrogens is 357 g/mol. The molecule has 1 unspecified atom stereocenters. The molecule has 0 radical (unpaired) electrons. The monoisotopic (exact) mass is 377 g/mol. The van der Waals surface area contributed by atoms with E-state index < -0.39 is 11.5 Å². The molecule has 1 atom stereocenters. The number of rotatable bonds is 4. The first-order valence-electron chi connectivity index (χ1n) is 8.88. The van der Waals surface area contributed by atoms with Gasteiger partial charge in [0.05, 0.1) is 7.11 Å². The Kier molecular flexibility index (Phi) is 4.47. The maximum Gasteiger partial charge on any atom is 0.283 e. The number of nitrogens with zero attached hydrogens (tertiary/aromatic N) is 2. The Hall–Kier alpha value is -3.41. The average molecular weight is 377 g/mol. The Labute approximate surface area is 162 Å². The highest BCUT2D eigenvalue weighted by molar-refractivity contribution is 5.76. The van der Waals surface area contributed by atoms with Crippen LogP contribution in [0.3, 0.4) is 0 Å². The van der Waals surface area contributed by atoms with E-state index in [0.717, 1.165) is 22.4 Å². The summed E-state index contributed by atoms with van der Waals surface area (Å²) in [5, 5.41) is 0. The van der Waals surface area contributed by atoms with Crippen molar-refractivity contribution in [2.75, 3.05) is 13.7 Å². The summed E-state index contributed by atoms with van der Waals surface area (Å²) in [5.41, 5.74) is 8.99. The molecule has 0 saturated carbocycles. The van der Waals surface area contributed by atoms with E-state index in [1.807, 2.05) is 49.4 Å². The fourth-order valence-corrected chi connectivity index (χ4v) is 3.57. The number of hydrogen-bond donors (Lipinski definition) is 1. The number of pyridine rings is 1. The van der Waals surface area contributed by atoms with Crippen LogP contribution in [0, 0.1) is 12.9 Å². The molecule has 1 aliphatic heterocycles. The predicted octanol–water partition coefficient (Wildman–Crippen LogP) is 3.79. The van der Waals surface area contributed by atoms with Crippen molar-refractivity contribution in [2.45, 2.75) is 12.5 Å². The summed E-state index contributed by atoms with van der Waals surface area (Å²) in [4.78, 5) is 8.38. The molecule has 0 bridgehead atoms. The number of benzene rings is 2. The topological polar surface area (TPSA) is 69.7 Å². The molecule has 0 saturated heterocycles. The van der Waals surface area contributed by atoms with Gasteiger partial charge in [0.15, 0.2) is 5.54 Å². The number of methoxy groups -OCH3 is 1. The molecule has 142 valence electrons. The lowest BCUT2D eigenvalue weighted by Gasteiger charge is -2.26. The molecule has 2 N–H and O–H groups in total. The van der Waals surface area contributed by atoms with Gasteiger partial charge in [-0.2, -0.15) is 4.39 Å². The zero-order valence-corrected chi connectivity index (χ0v) is 15.6. The predicted molar refractivity (Wildman–Crippen MR) is 106 cm³/mol. The first kappa shape index (κ1) is 18.0. The minimum Gasteiger partial charge on any atom is -0.496 e. The lowest BCUT2D eigenvalue weighted by atomic mass is 9.82. The van der Waals surface area contributed by atoms with E-state index in [-0.39, 0.29) is 12.6 Å². The van der Waals surface area contributed by atoms with Gasteiger partial charge in [-0.3, -0.25) is 0 Å². The summed E-state index contributed by atoms with van der Waals surface area (Å²) in [7, 11) is 1.64. The summed E-state index contributed by atoms with van der Waals surface area (Å²) >= 11 is 0. The van der Waals surface area contributed by atoms with Gasteiger partial charge in [-0.25, -0.2) is 9.98 Å². The molecule has 28 heavy (non-hydrogen) atoms. The summed E-state index contributed by atoms with van der Waals surface area (Å²) in [6.45, 7) is 2.24. The maximum atomic E-state index is 14.2. The first-order valence-corrected chi connectivity index (χ1v) is 8.88. The Balaban J connectivity index is 1.87. The minimum atomic E-state index is -0.810. The van der Waals surface area contributed by atoms with Crippen molar-refractivity contribution >= 4 is 6.02 Å². The summed E-state index contributed by atoms with van der Waals surface area (Å²) in [6, 6.07) is 17.0. The SMILES string of the molecule is COc1ccc(C2(c3cccc(-c4cccnc4F)c3)COC(N)=N2)cc1C. The fraction of sp³-hybridized carbons (Fsp3) is 0.182. The van der Waals surface area contributed by atoms with E-state index in [4.69, 9.17) is 15.2 Å². The third kappa shape index (κ3) is 2.97. The molecule has 5 nitrogen and oxygen atoms in total. The smallest absolute Gasteiger partial charge is 0.283 e. The number of hydrogen-bond acceptors (Lipinski definition) is 5. The molecule has 4 rings (SSSR count). The van der Waals surface area contributed by atoms with E-state index in [2.05, 4.69) is 9.98 Å². The summed E-state index contributed by atoms with van der Waals surface area (Å²) in [5.74, 6) is 0.278. The van der Waals surface area contributed by atoms with Crippen LogP contribution in [0.1, 0.15) is 16.7 Å². The van der Waals surface area contributed by atoms with E-state index in [1.54, 1.807) is 19.2 Å². The minimum absolute atomic E-state index is 0.131. The van der Waals surface area contributed by atoms with Crippen LogP contribution in [0.5, 0.6) is 5.75 Å². The normalized spacial score (nSPS) is 18.5. The molecule has 1 aliphatic rings. The van der Waals surface area contributed by atoms with Crippen LogP contribution >= 0.6 is 0 Å². The molecule has 6 heteroatoms. The molecule has 3 aromatic rings. The van der Waals surface area contributed by atoms with Crippen molar-refractivity contribution in [1.29, 1.82) is 0 Å². The Morgan fingerprint density at radius 3 is 2.61 bits per heavy atom. The van der Waals surface area contributed by atoms with E-state index in [0.29, 0.717) is 11.1 Å². The van der Waals surface area contributed by atoms with Crippen molar-refractivity contribution in [2.24, 2.45) is 10.7 Å². The molecular formula is C22H20FN3O2. The molecule has 2 aromatic carbocycles. The van der Waals surface area contributed by atoms with Crippen LogP contribution in [0.2, 0.25) is 0 Å². The molecule has 1 aromatic heterocycles. The van der Waals surface area contributed by atoms with Crippen LogP contribution < -0.4 is 10.5 Å². The molecule has 2 heterocycles. The zero-order chi connectivity index (χ0) is 19.7. The zero-order valence-electron chi connectivity index (χ0n) is 15.6. The molecule has 0 aliphatic carbocycles. The lowest BCUT2D eigenvalue weighted by Crippen LogP contribution is -2.27. The van der Waals surface area contributed by atoms with E-state index >= 15 is 0 Å². The van der Waals surface area contributed by atoms with Gasteiger partial charge in [-0.15, -0.1) is 0 Å². The van der Waals surface area contributed by atoms with Crippen LogP contribution in [-0.2, 0) is 10.3 Å². The van der Waals surface area contributed by atoms with Gasteiger partial charge in [0, 0.05) is 11.8 Å². The average Bonchev–Trinajstić information content (AvgIpc) is 3.11. The second kappa shape index (κ2) is 6.96. The van der Waals surface area contributed by atoms with Gasteiger partial charge >= 0.3 is 0 Å². The Bertz CT molecular complexity index is 1070. The number of nitrogens with two attached hydrogens (primary N) is 1. The lowest BCUT2D eigenvalue weighted by molar-refractivity contribution is 0.278. The van der Waals surface area contributed by atoms with Crippen molar-refractivity contribution < 1.29 is 13.9 Å². The highest BCUT2D eigenvalue weighted by Gasteiger charge is 2.40. The maximum absolute atomic E-state index is 14.2. The van der Waals surface area contributed by atoms with E-state index in [1.165, 1.54) is 6.20 Å². The third-order valence-corrected chi connectivity index (χ3v) is 5.01. The van der Waals surface area contributed by atoms with Crippen molar-refractivity contribution in [1.82, 2.24) is 4.98 Å². The Morgan fingerprint density at radius 2 is 1.93 bits per heavy atom. The first-order chi connectivity index (χ1) is 13.5. The highest BCUT2D eigenvalue weighted by Crippen LogP contribution is 2.40. The van der Waals surface area contributed by atoms with Crippen molar-refractivity contribution in [3.63, 3.8) is 0 Å². The van der Waals surface area contributed by atoms with Gasteiger partial charge in [0.1, 0.15) is 12.4 Å². The second-order valence-electron chi connectivity index (χ2n) is 6.71. The van der Waals surface area contributed by atoms with Gasteiger partial charge in [-0.05, 0) is 59.5 Å². The van der Waals surface area contributed by atoms with Gasteiger partial charge in [0.25, 0.3) is 6.02 Å².